The molecule has 0 aliphatic carbocycles. The van der Waals surface area contributed by atoms with Gasteiger partial charge in [0.05, 0.1) is 5.76 Å². The Bertz CT molecular complexity index is 177. The van der Waals surface area contributed by atoms with Crippen molar-refractivity contribution in [3.05, 3.63) is 18.1 Å². The van der Waals surface area contributed by atoms with E-state index in [2.05, 4.69) is 0 Å². The third-order valence-electron chi connectivity index (χ3n) is 1.51. The number of ketones is 1. The molecule has 0 radical (unpaired) electrons. The second kappa shape index (κ2) is 2.13. The molecule has 2 nitrogen and oxygen atoms in total. The van der Waals surface area contributed by atoms with E-state index in [-0.39, 0.29) is 0 Å². The van der Waals surface area contributed by atoms with Crippen molar-refractivity contribution in [2.75, 3.05) is 0 Å². The fourth-order valence-corrected chi connectivity index (χ4v) is 0.593. The fraction of sp³-hybridized carbons (Fsp3) is 0.429. The Morgan fingerprint density at radius 3 is 2.44 bits per heavy atom. The zero-order valence-electron chi connectivity index (χ0n) is 5.89. The van der Waals surface area contributed by atoms with Crippen LogP contribution in [0.1, 0.15) is 20.8 Å². The minimum absolute atomic E-state index is 0.916. The molecule has 0 saturated heterocycles. The number of allylic oxidation sites excluding steroid dienone is 2. The van der Waals surface area contributed by atoms with E-state index >= 15 is 0 Å². The summed E-state index contributed by atoms with van der Waals surface area (Å²) in [6.07, 6.45) is 0. The molecule has 0 aromatic rings. The van der Waals surface area contributed by atoms with Gasteiger partial charge in [-0.15, -0.1) is 0 Å². The Kier molecular flexibility index (Phi) is 1.47. The zero-order valence-corrected chi connectivity index (χ0v) is 5.89. The van der Waals surface area contributed by atoms with Crippen LogP contribution in [0.4, 0.5) is 0 Å². The van der Waals surface area contributed by atoms with Gasteiger partial charge in [0.25, 0.3) is 0 Å². The molecule has 50 valence electrons. The number of ether oxygens (including phenoxy) is 1. The number of hydrogen-bond acceptors (Lipinski definition) is 1. The van der Waals surface area contributed by atoms with Gasteiger partial charge in [0.2, 0.25) is 0 Å². The van der Waals surface area contributed by atoms with Crippen LogP contribution in [-0.4, -0.2) is 5.78 Å². The predicted octanol–water partition coefficient (Wildman–Crippen LogP) is 1.55. The summed E-state index contributed by atoms with van der Waals surface area (Å²) in [6, 6.07) is 0. The molecule has 0 bridgehead atoms. The number of hydrogen-bond donors (Lipinski definition) is 0. The molecule has 0 aromatic carbocycles. The lowest BCUT2D eigenvalue weighted by Gasteiger charge is -2.11. The molecule has 0 amide bonds. The van der Waals surface area contributed by atoms with Crippen LogP contribution in [0.2, 0.25) is 0 Å². The summed E-state index contributed by atoms with van der Waals surface area (Å²) < 4.78 is 9.94. The topological polar surface area (TPSA) is 20.5 Å². The maximum atomic E-state index is 4.97. The third kappa shape index (κ3) is 1.07. The lowest BCUT2D eigenvalue weighted by Crippen LogP contribution is -2.07. The maximum absolute atomic E-state index is 4.97. The molecule has 1 aliphatic heterocycles. The van der Waals surface area contributed by atoms with Crippen molar-refractivity contribution >= 4 is 5.78 Å². The minimum Gasteiger partial charge on any atom is -0.481 e. The molecule has 1 heterocycles. The summed E-state index contributed by atoms with van der Waals surface area (Å²) in [5.74, 6) is 1.83. The highest BCUT2D eigenvalue weighted by atomic mass is 16.6. The molecule has 1 aliphatic rings. The first-order valence-electron chi connectivity index (χ1n) is 2.88. The van der Waals surface area contributed by atoms with Gasteiger partial charge in [0.15, 0.2) is 5.78 Å². The van der Waals surface area contributed by atoms with Crippen LogP contribution in [0.3, 0.4) is 0 Å². The van der Waals surface area contributed by atoms with E-state index in [0.717, 1.165) is 17.1 Å². The molecule has 0 N–H and O–H groups in total. The Labute approximate surface area is 54.8 Å². The molecule has 1 rings (SSSR count). The van der Waals surface area contributed by atoms with Crippen LogP contribution in [0.15, 0.2) is 11.3 Å². The van der Waals surface area contributed by atoms with Gasteiger partial charge in [-0.1, -0.05) is 0 Å². The predicted molar refractivity (Wildman–Crippen MR) is 34.4 cm³/mol. The second-order valence-corrected chi connectivity index (χ2v) is 2.07. The van der Waals surface area contributed by atoms with Crippen LogP contribution < -0.4 is 0 Å². The van der Waals surface area contributed by atoms with E-state index in [1.54, 1.807) is 0 Å². The molecular weight excluding hydrogens is 116 g/mol. The van der Waals surface area contributed by atoms with E-state index < -0.39 is 0 Å². The molecule has 2 heteroatoms. The summed E-state index contributed by atoms with van der Waals surface area (Å²) >= 11 is 0. The van der Waals surface area contributed by atoms with Crippen LogP contribution >= 0.6 is 0 Å². The van der Waals surface area contributed by atoms with Gasteiger partial charge in [-0.3, -0.25) is 0 Å². The Morgan fingerprint density at radius 1 is 1.33 bits per heavy atom. The van der Waals surface area contributed by atoms with Crippen LogP contribution in [-0.2, 0) is 9.16 Å². The van der Waals surface area contributed by atoms with Crippen molar-refractivity contribution in [3.8, 4) is 0 Å². The van der Waals surface area contributed by atoms with Crippen molar-refractivity contribution in [3.63, 3.8) is 0 Å². The van der Waals surface area contributed by atoms with Crippen LogP contribution in [0.5, 0.6) is 0 Å². The molecule has 0 spiro atoms. The average Bonchev–Trinajstić information content (AvgIpc) is 1.83. The largest absolute Gasteiger partial charge is 0.481 e. The van der Waals surface area contributed by atoms with E-state index in [1.807, 2.05) is 20.8 Å². The Morgan fingerprint density at radius 2 is 2.00 bits per heavy atom. The lowest BCUT2D eigenvalue weighted by molar-refractivity contribution is -0.453. The number of rotatable bonds is 0. The molecule has 0 unspecified atom stereocenters. The van der Waals surface area contributed by atoms with Gasteiger partial charge in [-0.05, 0) is 26.3 Å². The maximum Gasteiger partial charge on any atom is 0.332 e. The Balaban J connectivity index is 2.88. The monoisotopic (exact) mass is 126 g/mol. The molecule has 0 atom stereocenters. The van der Waals surface area contributed by atoms with Crippen molar-refractivity contribution in [1.82, 2.24) is 0 Å². The molecule has 0 aromatic heterocycles. The van der Waals surface area contributed by atoms with Crippen molar-refractivity contribution < 1.29 is 9.16 Å². The van der Waals surface area contributed by atoms with Gasteiger partial charge >= 0.3 is 6.79 Å². The highest BCUT2D eigenvalue weighted by Crippen LogP contribution is 2.11. The molecule has 0 saturated carbocycles. The smallest absolute Gasteiger partial charge is 0.332 e. The number of carbonyl (C=O) groups excluding carboxylic acids is 1. The first kappa shape index (κ1) is 6.20. The normalized spacial score (nSPS) is 18.3. The summed E-state index contributed by atoms with van der Waals surface area (Å²) in [7, 11) is 0. The van der Waals surface area contributed by atoms with Gasteiger partial charge in [-0.25, -0.2) is 0 Å². The second-order valence-electron chi connectivity index (χ2n) is 2.07. The summed E-state index contributed by atoms with van der Waals surface area (Å²) in [6.45, 7) is 7.14. The van der Waals surface area contributed by atoms with E-state index in [0.29, 0.717) is 0 Å². The van der Waals surface area contributed by atoms with Crippen molar-refractivity contribution in [1.29, 1.82) is 0 Å². The van der Waals surface area contributed by atoms with Gasteiger partial charge < -0.3 is 9.16 Å². The van der Waals surface area contributed by atoms with Gasteiger partial charge in [0, 0.05) is 0 Å². The quantitative estimate of drug-likeness (QED) is 0.356. The molecule has 9 heavy (non-hydrogen) atoms. The third-order valence-corrected chi connectivity index (χ3v) is 1.51. The summed E-state index contributed by atoms with van der Waals surface area (Å²) in [5.41, 5.74) is 1.08. The Hall–Kier alpha value is -0.920. The van der Waals surface area contributed by atoms with Crippen molar-refractivity contribution in [2.45, 2.75) is 20.8 Å². The highest BCUT2D eigenvalue weighted by Gasteiger charge is 2.08. The summed E-state index contributed by atoms with van der Waals surface area (Å²) in [4.78, 5) is 0. The molecule has 0 fully saturated rings. The minimum atomic E-state index is 0.916. The van der Waals surface area contributed by atoms with Gasteiger partial charge in [0.1, 0.15) is 0 Å². The van der Waals surface area contributed by atoms with E-state index in [4.69, 9.17) is 9.16 Å². The SMILES string of the molecule is CC1=[O+][CH-]OC(C)=C1C. The van der Waals surface area contributed by atoms with E-state index in [9.17, 15) is 0 Å². The first-order chi connectivity index (χ1) is 4.22. The van der Waals surface area contributed by atoms with E-state index in [1.165, 1.54) is 6.79 Å². The lowest BCUT2D eigenvalue weighted by atomic mass is 10.2. The zero-order chi connectivity index (χ0) is 6.85. The fourth-order valence-electron chi connectivity index (χ4n) is 0.593. The average molecular weight is 126 g/mol. The molecular formula is C7H10O2. The van der Waals surface area contributed by atoms with Gasteiger partial charge in [-0.2, -0.15) is 0 Å². The first-order valence-corrected chi connectivity index (χ1v) is 2.88. The van der Waals surface area contributed by atoms with Crippen LogP contribution in [0.25, 0.3) is 0 Å². The highest BCUT2D eigenvalue weighted by molar-refractivity contribution is 5.93. The van der Waals surface area contributed by atoms with Crippen molar-refractivity contribution in [2.24, 2.45) is 0 Å². The summed E-state index contributed by atoms with van der Waals surface area (Å²) in [5, 5.41) is 0. The van der Waals surface area contributed by atoms with Crippen LogP contribution in [0, 0.1) is 6.79 Å². The standard InChI is InChI=1S/C7H10O2/c1-5-6(2)8-4-9-7(5)3/h4H,1-3H3.